The van der Waals surface area contributed by atoms with Gasteiger partial charge in [0.25, 0.3) is 5.56 Å². The third-order valence-corrected chi connectivity index (χ3v) is 4.57. The maximum atomic E-state index is 12.4. The molecule has 1 aromatic carbocycles. The maximum Gasteiger partial charge on any atom is 0.252 e. The van der Waals surface area contributed by atoms with Crippen LogP contribution < -0.4 is 16.2 Å². The fourth-order valence-electron chi connectivity index (χ4n) is 3.25. The fourth-order valence-corrected chi connectivity index (χ4v) is 3.25. The summed E-state index contributed by atoms with van der Waals surface area (Å²) in [6.07, 6.45) is 0.750. The van der Waals surface area contributed by atoms with Crippen LogP contribution in [-0.2, 0) is 16.0 Å². The lowest BCUT2D eigenvalue weighted by atomic mass is 10.1. The Morgan fingerprint density at radius 3 is 2.47 bits per heavy atom. The number of anilines is 2. The van der Waals surface area contributed by atoms with E-state index in [0.717, 1.165) is 17.0 Å². The highest BCUT2D eigenvalue weighted by atomic mass is 16.2. The van der Waals surface area contributed by atoms with E-state index < -0.39 is 0 Å². The number of nitrogens with one attached hydrogen (secondary N) is 3. The molecule has 3 rings (SSSR count). The zero-order valence-electron chi connectivity index (χ0n) is 17.4. The predicted octanol–water partition coefficient (Wildman–Crippen LogP) is 2.41. The number of aromatic nitrogens is 4. The minimum Gasteiger partial charge on any atom is -0.326 e. The second-order valence-electron chi connectivity index (χ2n) is 7.08. The number of rotatable bonds is 6. The summed E-state index contributed by atoms with van der Waals surface area (Å²) in [5.74, 6) is 0.0283. The zero-order valence-corrected chi connectivity index (χ0v) is 17.4. The summed E-state index contributed by atoms with van der Waals surface area (Å²) in [7, 11) is 0. The highest BCUT2D eigenvalue weighted by molar-refractivity contribution is 5.93. The fraction of sp³-hybridized carbons (Fsp3) is 0.286. The van der Waals surface area contributed by atoms with E-state index in [2.05, 4.69) is 25.7 Å². The predicted molar refractivity (Wildman–Crippen MR) is 114 cm³/mol. The van der Waals surface area contributed by atoms with Crippen LogP contribution >= 0.6 is 0 Å². The molecule has 2 aromatic heterocycles. The molecule has 3 N–H and O–H groups in total. The lowest BCUT2D eigenvalue weighted by molar-refractivity contribution is -0.116. The number of aryl methyl sites for hydroxylation is 2. The number of hydrogen-bond acceptors (Lipinski definition) is 5. The lowest BCUT2D eigenvalue weighted by Gasteiger charge is -2.08. The van der Waals surface area contributed by atoms with Crippen molar-refractivity contribution < 1.29 is 9.59 Å². The first-order chi connectivity index (χ1) is 14.2. The maximum absolute atomic E-state index is 12.4. The summed E-state index contributed by atoms with van der Waals surface area (Å²) < 4.78 is 1.59. The number of carbonyl (C=O) groups is 2. The molecule has 9 heteroatoms. The van der Waals surface area contributed by atoms with Crippen LogP contribution in [-0.4, -0.2) is 31.6 Å². The average Bonchev–Trinajstić information content (AvgIpc) is 2.93. The van der Waals surface area contributed by atoms with E-state index in [9.17, 15) is 14.4 Å². The standard InChI is InChI=1S/C21H24N6O3/c1-12-10-20(30)25-21(22-12)27-14(3)18(13(2)26-27)8-9-19(29)24-17-7-5-6-16(11-17)23-15(4)28/h5-7,10-11H,8-9H2,1-4H3,(H,23,28)(H,24,29)(H,22,25,30). The molecular weight excluding hydrogens is 384 g/mol. The van der Waals surface area contributed by atoms with Crippen molar-refractivity contribution in [1.82, 2.24) is 19.7 Å². The average molecular weight is 408 g/mol. The normalized spacial score (nSPS) is 10.7. The van der Waals surface area contributed by atoms with Gasteiger partial charge in [0.1, 0.15) is 0 Å². The Morgan fingerprint density at radius 2 is 1.80 bits per heavy atom. The monoisotopic (exact) mass is 408 g/mol. The van der Waals surface area contributed by atoms with E-state index in [4.69, 9.17) is 0 Å². The van der Waals surface area contributed by atoms with Crippen molar-refractivity contribution in [2.75, 3.05) is 10.6 Å². The number of nitrogens with zero attached hydrogens (tertiary/aromatic N) is 3. The number of amides is 2. The number of carbonyl (C=O) groups excluding carboxylic acids is 2. The van der Waals surface area contributed by atoms with Crippen LogP contribution in [0.5, 0.6) is 0 Å². The summed E-state index contributed by atoms with van der Waals surface area (Å²) in [4.78, 5) is 42.4. The number of benzene rings is 1. The second kappa shape index (κ2) is 8.73. The number of H-pyrrole nitrogens is 1. The largest absolute Gasteiger partial charge is 0.326 e. The molecule has 30 heavy (non-hydrogen) atoms. The quantitative estimate of drug-likeness (QED) is 0.578. The highest BCUT2D eigenvalue weighted by Gasteiger charge is 2.16. The molecule has 9 nitrogen and oxygen atoms in total. The molecule has 0 spiro atoms. The molecule has 0 bridgehead atoms. The first-order valence-electron chi connectivity index (χ1n) is 9.54. The van der Waals surface area contributed by atoms with Crippen molar-refractivity contribution in [2.24, 2.45) is 0 Å². The molecule has 2 amide bonds. The minimum atomic E-state index is -0.243. The Hall–Kier alpha value is -3.75. The zero-order chi connectivity index (χ0) is 21.8. The van der Waals surface area contributed by atoms with Crippen LogP contribution in [0.4, 0.5) is 11.4 Å². The van der Waals surface area contributed by atoms with Crippen LogP contribution in [0.2, 0.25) is 0 Å². The van der Waals surface area contributed by atoms with Crippen LogP contribution in [0, 0.1) is 20.8 Å². The molecule has 0 saturated carbocycles. The third-order valence-electron chi connectivity index (χ3n) is 4.57. The Balaban J connectivity index is 1.70. The van der Waals surface area contributed by atoms with Gasteiger partial charge in [-0.05, 0) is 51.0 Å². The summed E-state index contributed by atoms with van der Waals surface area (Å²) in [5.41, 5.74) is 4.11. The van der Waals surface area contributed by atoms with Crippen molar-refractivity contribution in [3.8, 4) is 5.95 Å². The SMILES string of the molecule is CC(=O)Nc1cccc(NC(=O)CCc2c(C)nn(-c3nc(C)cc(=O)[nH]3)c2C)c1. The van der Waals surface area contributed by atoms with Gasteiger partial charge in [0.2, 0.25) is 17.8 Å². The molecule has 0 fully saturated rings. The van der Waals surface area contributed by atoms with Gasteiger partial charge < -0.3 is 10.6 Å². The summed E-state index contributed by atoms with van der Waals surface area (Å²) in [5, 5.41) is 10.0. The molecule has 156 valence electrons. The molecule has 2 heterocycles. The molecule has 0 atom stereocenters. The van der Waals surface area contributed by atoms with Gasteiger partial charge in [0.05, 0.1) is 5.69 Å². The van der Waals surface area contributed by atoms with Crippen molar-refractivity contribution in [1.29, 1.82) is 0 Å². The first kappa shape index (κ1) is 21.0. The van der Waals surface area contributed by atoms with Crippen LogP contribution in [0.1, 0.15) is 36.0 Å². The van der Waals surface area contributed by atoms with Gasteiger partial charge in [-0.2, -0.15) is 5.10 Å². The number of hydrogen-bond donors (Lipinski definition) is 3. The van der Waals surface area contributed by atoms with Gasteiger partial charge in [-0.1, -0.05) is 6.07 Å². The van der Waals surface area contributed by atoms with E-state index in [1.165, 1.54) is 13.0 Å². The smallest absolute Gasteiger partial charge is 0.252 e. The molecular formula is C21H24N6O3. The van der Waals surface area contributed by atoms with Crippen LogP contribution in [0.15, 0.2) is 35.1 Å². The first-order valence-corrected chi connectivity index (χ1v) is 9.54. The summed E-state index contributed by atoms with van der Waals surface area (Å²) >= 11 is 0. The second-order valence-corrected chi connectivity index (χ2v) is 7.08. The van der Waals surface area contributed by atoms with Gasteiger partial charge in [-0.25, -0.2) is 9.67 Å². The van der Waals surface area contributed by atoms with Crippen molar-refractivity contribution in [3.63, 3.8) is 0 Å². The van der Waals surface area contributed by atoms with E-state index >= 15 is 0 Å². The molecule has 0 unspecified atom stereocenters. The Bertz CT molecular complexity index is 1160. The minimum absolute atomic E-state index is 0.149. The van der Waals surface area contributed by atoms with Gasteiger partial charge in [0.15, 0.2) is 0 Å². The van der Waals surface area contributed by atoms with Crippen molar-refractivity contribution in [2.45, 2.75) is 40.5 Å². The van der Waals surface area contributed by atoms with Crippen LogP contribution in [0.25, 0.3) is 5.95 Å². The topological polar surface area (TPSA) is 122 Å². The van der Waals surface area contributed by atoms with Gasteiger partial charge >= 0.3 is 0 Å². The number of aromatic amines is 1. The Kier molecular flexibility index (Phi) is 6.10. The lowest BCUT2D eigenvalue weighted by Crippen LogP contribution is -2.15. The summed E-state index contributed by atoms with van der Waals surface area (Å²) in [6, 6.07) is 8.39. The highest BCUT2D eigenvalue weighted by Crippen LogP contribution is 2.19. The Labute approximate surface area is 173 Å². The summed E-state index contributed by atoms with van der Waals surface area (Å²) in [6.45, 7) is 6.92. The molecule has 3 aromatic rings. The van der Waals surface area contributed by atoms with Gasteiger partial charge in [0, 0.05) is 42.2 Å². The van der Waals surface area contributed by atoms with E-state index in [1.807, 2.05) is 13.8 Å². The molecule has 0 saturated heterocycles. The van der Waals surface area contributed by atoms with Crippen molar-refractivity contribution in [3.05, 3.63) is 63.3 Å². The Morgan fingerprint density at radius 1 is 1.10 bits per heavy atom. The van der Waals surface area contributed by atoms with Crippen molar-refractivity contribution >= 4 is 23.2 Å². The molecule has 0 aliphatic carbocycles. The van der Waals surface area contributed by atoms with E-state index in [0.29, 0.717) is 29.4 Å². The molecule has 0 aliphatic rings. The van der Waals surface area contributed by atoms with Gasteiger partial charge in [-0.15, -0.1) is 0 Å². The molecule has 0 aliphatic heterocycles. The third kappa shape index (κ3) is 4.99. The van der Waals surface area contributed by atoms with E-state index in [1.54, 1.807) is 35.9 Å². The van der Waals surface area contributed by atoms with Gasteiger partial charge in [-0.3, -0.25) is 19.4 Å². The van der Waals surface area contributed by atoms with E-state index in [-0.39, 0.29) is 23.8 Å². The van der Waals surface area contributed by atoms with Crippen LogP contribution in [0.3, 0.4) is 0 Å². The molecule has 0 radical (unpaired) electrons.